The molecule has 0 saturated carbocycles. The van der Waals surface area contributed by atoms with Crippen molar-refractivity contribution in [2.75, 3.05) is 5.32 Å². The lowest BCUT2D eigenvalue weighted by molar-refractivity contribution is -0.274. The Morgan fingerprint density at radius 2 is 1.94 bits per heavy atom. The molecule has 2 aromatic carbocycles. The van der Waals surface area contributed by atoms with Crippen molar-refractivity contribution in [1.29, 1.82) is 0 Å². The molecule has 0 aliphatic heterocycles. The number of carbonyl (C=O) groups excluding carboxylic acids is 1. The maximum Gasteiger partial charge on any atom is 0.573 e. The van der Waals surface area contributed by atoms with Crippen LogP contribution in [0, 0.1) is 0 Å². The molecule has 0 radical (unpaired) electrons. The van der Waals surface area contributed by atoms with Gasteiger partial charge >= 0.3 is 6.36 Å². The molecule has 1 aromatic heterocycles. The van der Waals surface area contributed by atoms with Crippen molar-refractivity contribution in [2.24, 2.45) is 0 Å². The Hall–Kier alpha value is -3.27. The maximum absolute atomic E-state index is 12.8. The third-order valence-electron chi connectivity index (χ3n) is 4.15. The maximum atomic E-state index is 12.8. The van der Waals surface area contributed by atoms with E-state index in [4.69, 9.17) is 0 Å². The van der Waals surface area contributed by atoms with E-state index in [2.05, 4.69) is 21.6 Å². The van der Waals surface area contributed by atoms with Crippen LogP contribution < -0.4 is 15.6 Å². The van der Waals surface area contributed by atoms with Gasteiger partial charge < -0.3 is 10.1 Å². The second kappa shape index (κ2) is 9.25. The van der Waals surface area contributed by atoms with Gasteiger partial charge in [-0.3, -0.25) is 14.2 Å². The number of rotatable bonds is 7. The lowest BCUT2D eigenvalue weighted by Crippen LogP contribution is -2.26. The topological polar surface area (TPSA) is 73.2 Å². The molecule has 1 heterocycles. The van der Waals surface area contributed by atoms with Gasteiger partial charge in [-0.1, -0.05) is 30.0 Å². The minimum Gasteiger partial charge on any atom is -0.406 e. The molecule has 1 atom stereocenters. The van der Waals surface area contributed by atoms with Gasteiger partial charge in [-0.25, -0.2) is 4.98 Å². The molecule has 0 spiro atoms. The fourth-order valence-corrected chi connectivity index (χ4v) is 3.64. The monoisotopic (exact) mass is 449 g/mol. The average molecular weight is 449 g/mol. The van der Waals surface area contributed by atoms with E-state index in [9.17, 15) is 22.8 Å². The van der Waals surface area contributed by atoms with Gasteiger partial charge in [0.05, 0.1) is 16.2 Å². The average Bonchev–Trinajstić information content (AvgIpc) is 2.71. The van der Waals surface area contributed by atoms with Crippen LogP contribution >= 0.6 is 11.8 Å². The number of allylic oxidation sites excluding steroid dienone is 1. The van der Waals surface area contributed by atoms with E-state index >= 15 is 0 Å². The Bertz CT molecular complexity index is 1160. The highest BCUT2D eigenvalue weighted by Gasteiger charge is 2.31. The van der Waals surface area contributed by atoms with E-state index in [0.717, 1.165) is 23.9 Å². The van der Waals surface area contributed by atoms with Gasteiger partial charge in [-0.2, -0.15) is 0 Å². The van der Waals surface area contributed by atoms with E-state index in [1.54, 1.807) is 37.3 Å². The van der Waals surface area contributed by atoms with E-state index < -0.39 is 17.5 Å². The number of para-hydroxylation sites is 1. The molecule has 31 heavy (non-hydrogen) atoms. The number of thioether (sulfide) groups is 1. The van der Waals surface area contributed by atoms with Gasteiger partial charge in [0, 0.05) is 12.2 Å². The molecule has 0 fully saturated rings. The number of aromatic nitrogens is 2. The third-order valence-corrected chi connectivity index (χ3v) is 5.24. The van der Waals surface area contributed by atoms with E-state index in [0.29, 0.717) is 21.7 Å². The lowest BCUT2D eigenvalue weighted by Gasteiger charge is -2.16. The van der Waals surface area contributed by atoms with Crippen molar-refractivity contribution < 1.29 is 22.7 Å². The molecule has 3 rings (SSSR count). The van der Waals surface area contributed by atoms with E-state index in [1.165, 1.54) is 16.7 Å². The van der Waals surface area contributed by atoms with Crippen molar-refractivity contribution >= 4 is 34.3 Å². The van der Waals surface area contributed by atoms with Gasteiger partial charge in [0.2, 0.25) is 5.91 Å². The summed E-state index contributed by atoms with van der Waals surface area (Å²) in [5.74, 6) is -0.788. The molecule has 0 saturated heterocycles. The van der Waals surface area contributed by atoms with Gasteiger partial charge in [0.1, 0.15) is 5.75 Å². The highest BCUT2D eigenvalue weighted by molar-refractivity contribution is 8.00. The summed E-state index contributed by atoms with van der Waals surface area (Å²) in [5.41, 5.74) is 0.589. The molecular formula is C21H18F3N3O3S. The number of benzene rings is 2. The lowest BCUT2D eigenvalue weighted by atomic mass is 10.2. The number of hydrogen-bond donors (Lipinski definition) is 1. The minimum absolute atomic E-state index is 0.230. The van der Waals surface area contributed by atoms with Crippen LogP contribution in [-0.2, 0) is 11.3 Å². The van der Waals surface area contributed by atoms with Crippen molar-refractivity contribution in [3.05, 3.63) is 71.5 Å². The predicted octanol–water partition coefficient (Wildman–Crippen LogP) is 4.60. The van der Waals surface area contributed by atoms with E-state index in [-0.39, 0.29) is 17.9 Å². The van der Waals surface area contributed by atoms with Crippen LogP contribution in [0.4, 0.5) is 18.9 Å². The molecule has 1 amide bonds. The summed E-state index contributed by atoms with van der Waals surface area (Å²) in [4.78, 5) is 29.9. The minimum atomic E-state index is -4.79. The van der Waals surface area contributed by atoms with Gasteiger partial charge in [-0.15, -0.1) is 19.8 Å². The Morgan fingerprint density at radius 3 is 2.58 bits per heavy atom. The Labute approximate surface area is 179 Å². The van der Waals surface area contributed by atoms with Crippen LogP contribution in [0.3, 0.4) is 0 Å². The van der Waals surface area contributed by atoms with Gasteiger partial charge in [0.25, 0.3) is 5.56 Å². The van der Waals surface area contributed by atoms with Crippen LogP contribution in [0.1, 0.15) is 6.92 Å². The fraction of sp³-hybridized carbons (Fsp3) is 0.190. The standard InChI is InChI=1S/C21H18F3N3O3S/c1-3-12-27-19(29)16-6-4-5-7-17(16)26-20(27)31-13(2)18(28)25-14-8-10-15(11-9-14)30-21(22,23)24/h3-11,13H,1,12H2,2H3,(H,25,28). The van der Waals surface area contributed by atoms with Crippen molar-refractivity contribution in [3.63, 3.8) is 0 Å². The number of anilines is 1. The summed E-state index contributed by atoms with van der Waals surface area (Å²) in [6.45, 7) is 5.53. The molecule has 162 valence electrons. The molecule has 1 N–H and O–H groups in total. The largest absolute Gasteiger partial charge is 0.573 e. The first-order valence-corrected chi connectivity index (χ1v) is 9.99. The summed E-state index contributed by atoms with van der Waals surface area (Å²) in [5, 5.41) is 2.81. The summed E-state index contributed by atoms with van der Waals surface area (Å²) in [7, 11) is 0. The first-order valence-electron chi connectivity index (χ1n) is 9.12. The second-order valence-corrected chi connectivity index (χ2v) is 7.75. The zero-order chi connectivity index (χ0) is 22.6. The van der Waals surface area contributed by atoms with Gasteiger partial charge in [-0.05, 0) is 43.3 Å². The van der Waals surface area contributed by atoms with Gasteiger partial charge in [0.15, 0.2) is 5.16 Å². The number of carbonyl (C=O) groups is 1. The Morgan fingerprint density at radius 1 is 1.26 bits per heavy atom. The highest BCUT2D eigenvalue weighted by atomic mass is 32.2. The predicted molar refractivity (Wildman–Crippen MR) is 113 cm³/mol. The number of nitrogens with zero attached hydrogens (tertiary/aromatic N) is 2. The fourth-order valence-electron chi connectivity index (χ4n) is 2.72. The summed E-state index contributed by atoms with van der Waals surface area (Å²) in [6, 6.07) is 11.7. The Balaban J connectivity index is 1.76. The summed E-state index contributed by atoms with van der Waals surface area (Å²) in [6.07, 6.45) is -3.22. The number of alkyl halides is 3. The number of fused-ring (bicyclic) bond motifs is 1. The summed E-state index contributed by atoms with van der Waals surface area (Å²) >= 11 is 1.10. The highest BCUT2D eigenvalue weighted by Crippen LogP contribution is 2.26. The SMILES string of the molecule is C=CCn1c(SC(C)C(=O)Nc2ccc(OC(F)(F)F)cc2)nc2ccccc2c1=O. The molecule has 0 bridgehead atoms. The number of nitrogens with one attached hydrogen (secondary N) is 1. The Kier molecular flexibility index (Phi) is 6.69. The molecule has 0 aliphatic rings. The molecule has 0 aliphatic carbocycles. The second-order valence-electron chi connectivity index (χ2n) is 6.44. The summed E-state index contributed by atoms with van der Waals surface area (Å²) < 4.78 is 42.0. The smallest absolute Gasteiger partial charge is 0.406 e. The normalized spacial score (nSPS) is 12.4. The number of ether oxygens (including phenoxy) is 1. The quantitative estimate of drug-likeness (QED) is 0.324. The first kappa shape index (κ1) is 22.4. The third kappa shape index (κ3) is 5.66. The number of amides is 1. The molecule has 1 unspecified atom stereocenters. The molecular weight excluding hydrogens is 431 g/mol. The molecule has 6 nitrogen and oxygen atoms in total. The van der Waals surface area contributed by atoms with Crippen LogP contribution in [0.2, 0.25) is 0 Å². The van der Waals surface area contributed by atoms with Crippen LogP contribution in [0.15, 0.2) is 71.1 Å². The van der Waals surface area contributed by atoms with Crippen molar-refractivity contribution in [1.82, 2.24) is 9.55 Å². The first-order chi connectivity index (χ1) is 14.7. The van der Waals surface area contributed by atoms with Crippen LogP contribution in [-0.4, -0.2) is 27.1 Å². The molecule has 10 heteroatoms. The number of hydrogen-bond acceptors (Lipinski definition) is 5. The zero-order valence-electron chi connectivity index (χ0n) is 16.3. The van der Waals surface area contributed by atoms with Crippen molar-refractivity contribution in [2.45, 2.75) is 30.2 Å². The van der Waals surface area contributed by atoms with Crippen LogP contribution in [0.25, 0.3) is 10.9 Å². The number of halogens is 3. The van der Waals surface area contributed by atoms with E-state index in [1.807, 2.05) is 0 Å². The molecule has 3 aromatic rings. The van der Waals surface area contributed by atoms with Crippen molar-refractivity contribution in [3.8, 4) is 5.75 Å². The van der Waals surface area contributed by atoms with Crippen LogP contribution in [0.5, 0.6) is 5.75 Å². The zero-order valence-corrected chi connectivity index (χ0v) is 17.2.